The topological polar surface area (TPSA) is 73.1 Å². The molecule has 0 radical (unpaired) electrons. The number of hydrogen-bond acceptors (Lipinski definition) is 6. The fraction of sp³-hybridized carbons (Fsp3) is 0.571. The molecule has 8 heteroatoms. The van der Waals surface area contributed by atoms with Crippen LogP contribution in [0.5, 0.6) is 0 Å². The van der Waals surface area contributed by atoms with Gasteiger partial charge in [-0.2, -0.15) is 5.10 Å². The fourth-order valence-corrected chi connectivity index (χ4v) is 3.14. The van der Waals surface area contributed by atoms with Gasteiger partial charge in [0.1, 0.15) is 0 Å². The molecular formula is C14H18ClN5O2. The van der Waals surface area contributed by atoms with Gasteiger partial charge in [-0.25, -0.2) is 19.4 Å². The van der Waals surface area contributed by atoms with Crippen LogP contribution in [0.15, 0.2) is 6.20 Å². The maximum absolute atomic E-state index is 11.6. The van der Waals surface area contributed by atoms with E-state index in [2.05, 4.69) is 38.7 Å². The normalized spacial score (nSPS) is 22.9. The Bertz CT molecular complexity index is 717. The van der Waals surface area contributed by atoms with Gasteiger partial charge in [-0.3, -0.25) is 0 Å². The van der Waals surface area contributed by atoms with E-state index >= 15 is 0 Å². The molecule has 118 valence electrons. The first kappa shape index (κ1) is 15.2. The van der Waals surface area contributed by atoms with Gasteiger partial charge in [0.15, 0.2) is 10.8 Å². The Balaban J connectivity index is 2.10. The molecule has 1 saturated heterocycles. The summed E-state index contributed by atoms with van der Waals surface area (Å²) < 4.78 is 6.51. The minimum Gasteiger partial charge on any atom is -0.463 e. The molecule has 1 fully saturated rings. The summed E-state index contributed by atoms with van der Waals surface area (Å²) >= 11 is 6.21. The van der Waals surface area contributed by atoms with E-state index in [-0.39, 0.29) is 11.9 Å². The molecule has 2 aromatic rings. The summed E-state index contributed by atoms with van der Waals surface area (Å²) in [5.41, 5.74) is 0.576. The zero-order valence-electron chi connectivity index (χ0n) is 12.8. The third-order valence-electron chi connectivity index (χ3n) is 4.35. The fourth-order valence-electron chi connectivity index (χ4n) is 2.92. The van der Waals surface area contributed by atoms with E-state index in [1.807, 2.05) is 4.68 Å². The summed E-state index contributed by atoms with van der Waals surface area (Å²) in [4.78, 5) is 22.2. The predicted octanol–water partition coefficient (Wildman–Crippen LogP) is 1.92. The number of carbonyl (C=O) groups excluding carboxylic acids is 1. The maximum atomic E-state index is 11.6. The maximum Gasteiger partial charge on any atom is 0.376 e. The molecule has 0 aliphatic carbocycles. The van der Waals surface area contributed by atoms with Crippen molar-refractivity contribution < 1.29 is 9.53 Å². The zero-order chi connectivity index (χ0) is 15.9. The monoisotopic (exact) mass is 323 g/mol. The van der Waals surface area contributed by atoms with Crippen molar-refractivity contribution in [1.29, 1.82) is 0 Å². The second-order valence-electron chi connectivity index (χ2n) is 5.59. The van der Waals surface area contributed by atoms with Crippen molar-refractivity contribution in [1.82, 2.24) is 24.6 Å². The van der Waals surface area contributed by atoms with Gasteiger partial charge in [0.2, 0.25) is 5.82 Å². The van der Waals surface area contributed by atoms with Crippen LogP contribution in [0, 0.1) is 0 Å². The van der Waals surface area contributed by atoms with E-state index in [0.717, 1.165) is 19.4 Å². The van der Waals surface area contributed by atoms with Crippen LogP contribution in [0.3, 0.4) is 0 Å². The molecule has 3 heterocycles. The lowest BCUT2D eigenvalue weighted by atomic mass is 9.98. The number of nitrogens with zero attached hydrogens (tertiary/aromatic N) is 5. The highest BCUT2D eigenvalue weighted by atomic mass is 35.5. The molecule has 22 heavy (non-hydrogen) atoms. The van der Waals surface area contributed by atoms with E-state index < -0.39 is 5.97 Å². The lowest BCUT2D eigenvalue weighted by Crippen LogP contribution is -2.42. The number of fused-ring (bicyclic) bond motifs is 1. The molecule has 3 rings (SSSR count). The second kappa shape index (κ2) is 5.81. The Morgan fingerprint density at radius 1 is 1.50 bits per heavy atom. The van der Waals surface area contributed by atoms with Crippen molar-refractivity contribution in [2.75, 3.05) is 20.7 Å². The Labute approximate surface area is 133 Å². The summed E-state index contributed by atoms with van der Waals surface area (Å²) in [7, 11) is 3.40. The van der Waals surface area contributed by atoms with Crippen molar-refractivity contribution >= 4 is 28.6 Å². The van der Waals surface area contributed by atoms with Crippen molar-refractivity contribution in [3.05, 3.63) is 17.2 Å². The molecule has 2 atom stereocenters. The van der Waals surface area contributed by atoms with Gasteiger partial charge in [0, 0.05) is 12.2 Å². The second-order valence-corrected chi connectivity index (χ2v) is 5.95. The third kappa shape index (κ3) is 2.44. The van der Waals surface area contributed by atoms with E-state index in [4.69, 9.17) is 11.6 Å². The van der Waals surface area contributed by atoms with Crippen LogP contribution < -0.4 is 0 Å². The molecule has 1 aliphatic heterocycles. The first-order chi connectivity index (χ1) is 10.5. The summed E-state index contributed by atoms with van der Waals surface area (Å²) in [6, 6.07) is 0.471. The van der Waals surface area contributed by atoms with E-state index in [9.17, 15) is 4.79 Å². The first-order valence-corrected chi connectivity index (χ1v) is 7.60. The van der Waals surface area contributed by atoms with Crippen LogP contribution in [-0.4, -0.2) is 57.4 Å². The summed E-state index contributed by atoms with van der Waals surface area (Å²) in [6.45, 7) is 3.22. The number of piperidine rings is 1. The third-order valence-corrected chi connectivity index (χ3v) is 4.63. The number of likely N-dealkylation sites (N-methyl/N-ethyl adjacent to an activating group) is 1. The molecule has 0 bridgehead atoms. The van der Waals surface area contributed by atoms with Crippen LogP contribution in [0.4, 0.5) is 0 Å². The molecule has 0 N–H and O–H groups in total. The molecule has 1 aliphatic rings. The van der Waals surface area contributed by atoms with Gasteiger partial charge in [-0.1, -0.05) is 11.6 Å². The Morgan fingerprint density at radius 3 is 3.00 bits per heavy atom. The van der Waals surface area contributed by atoms with Crippen molar-refractivity contribution in [3.8, 4) is 0 Å². The highest BCUT2D eigenvalue weighted by molar-refractivity contribution is 6.34. The Kier molecular flexibility index (Phi) is 4.01. The van der Waals surface area contributed by atoms with Crippen LogP contribution in [0.2, 0.25) is 5.15 Å². The lowest BCUT2D eigenvalue weighted by molar-refractivity contribution is 0.0587. The number of hydrogen-bond donors (Lipinski definition) is 0. The average molecular weight is 324 g/mol. The Hall–Kier alpha value is -1.73. The molecular weight excluding hydrogens is 306 g/mol. The number of methoxy groups -OCH3 is 1. The standard InChI is InChI=1S/C14H18ClN5O2/c1-8-10(5-4-6-19(8)2)20-13-9(11(15)18-20)7-16-12(17-13)14(21)22-3/h7-8,10H,4-6H2,1-3H3/t8-,10-/m1/s1. The Morgan fingerprint density at radius 2 is 2.27 bits per heavy atom. The van der Waals surface area contributed by atoms with Crippen molar-refractivity contribution in [3.63, 3.8) is 0 Å². The quantitative estimate of drug-likeness (QED) is 0.786. The smallest absolute Gasteiger partial charge is 0.376 e. The van der Waals surface area contributed by atoms with E-state index in [0.29, 0.717) is 22.2 Å². The largest absolute Gasteiger partial charge is 0.463 e. The highest BCUT2D eigenvalue weighted by Crippen LogP contribution is 2.31. The van der Waals surface area contributed by atoms with Crippen molar-refractivity contribution in [2.45, 2.75) is 31.8 Å². The highest BCUT2D eigenvalue weighted by Gasteiger charge is 2.30. The number of carbonyl (C=O) groups is 1. The summed E-state index contributed by atoms with van der Waals surface area (Å²) in [6.07, 6.45) is 3.60. The van der Waals surface area contributed by atoms with Gasteiger partial charge >= 0.3 is 5.97 Å². The van der Waals surface area contributed by atoms with Crippen LogP contribution in [0.25, 0.3) is 11.0 Å². The van der Waals surface area contributed by atoms with Gasteiger partial charge < -0.3 is 9.64 Å². The number of esters is 1. The summed E-state index contributed by atoms with van der Waals surface area (Å²) in [5, 5.41) is 5.43. The molecule has 0 amide bonds. The number of aromatic nitrogens is 4. The van der Waals surface area contributed by atoms with E-state index in [1.54, 1.807) is 0 Å². The number of halogens is 1. The van der Waals surface area contributed by atoms with Crippen molar-refractivity contribution in [2.24, 2.45) is 0 Å². The molecule has 0 unspecified atom stereocenters. The molecule has 7 nitrogen and oxygen atoms in total. The average Bonchev–Trinajstić information content (AvgIpc) is 2.85. The first-order valence-electron chi connectivity index (χ1n) is 7.22. The summed E-state index contributed by atoms with van der Waals surface area (Å²) in [5.74, 6) is -0.552. The number of likely N-dealkylation sites (tertiary alicyclic amines) is 1. The van der Waals surface area contributed by atoms with Gasteiger partial charge in [0.25, 0.3) is 0 Å². The minimum atomic E-state index is -0.570. The van der Waals surface area contributed by atoms with Crippen LogP contribution in [0.1, 0.15) is 36.4 Å². The predicted molar refractivity (Wildman–Crippen MR) is 82.0 cm³/mol. The van der Waals surface area contributed by atoms with Crippen LogP contribution >= 0.6 is 11.6 Å². The molecule has 2 aromatic heterocycles. The minimum absolute atomic E-state index is 0.0182. The van der Waals surface area contributed by atoms with Crippen LogP contribution in [-0.2, 0) is 4.74 Å². The number of rotatable bonds is 2. The molecule has 0 aromatic carbocycles. The van der Waals surface area contributed by atoms with Gasteiger partial charge in [-0.05, 0) is 33.4 Å². The number of ether oxygens (including phenoxy) is 1. The van der Waals surface area contributed by atoms with Gasteiger partial charge in [0.05, 0.1) is 18.5 Å². The van der Waals surface area contributed by atoms with Gasteiger partial charge in [-0.15, -0.1) is 0 Å². The SMILES string of the molecule is COC(=O)c1ncc2c(Cl)nn([C@@H]3CCCN(C)[C@@H]3C)c2n1. The molecule has 0 spiro atoms. The zero-order valence-corrected chi connectivity index (χ0v) is 13.5. The van der Waals surface area contributed by atoms with E-state index in [1.165, 1.54) is 13.3 Å². The lowest BCUT2D eigenvalue weighted by Gasteiger charge is -2.36. The molecule has 0 saturated carbocycles.